The van der Waals surface area contributed by atoms with Crippen LogP contribution in [0.5, 0.6) is 5.88 Å². The zero-order valence-corrected chi connectivity index (χ0v) is 27.3. The molecular formula is C30H38N7O8P. The maximum atomic E-state index is 14.0. The molecule has 2 aromatic heterocycles. The van der Waals surface area contributed by atoms with Gasteiger partial charge in [0.1, 0.15) is 30.1 Å². The smallest absolute Gasteiger partial charge is 0.335 e. The maximum Gasteiger partial charge on any atom is 0.335 e. The van der Waals surface area contributed by atoms with Gasteiger partial charge in [0.25, 0.3) is 0 Å². The van der Waals surface area contributed by atoms with E-state index in [4.69, 9.17) is 20.0 Å². The molecule has 2 unspecified atom stereocenters. The van der Waals surface area contributed by atoms with Crippen LogP contribution in [0.25, 0.3) is 21.9 Å². The average molecular weight is 656 g/mol. The number of nitrogens with zero attached hydrogens (tertiary/aromatic N) is 6. The zero-order chi connectivity index (χ0) is 33.6. The number of hydrogen-bond donors (Lipinski definition) is 4. The molecular weight excluding hydrogens is 617 g/mol. The number of carboxylic acids is 1. The molecule has 0 bridgehead atoms. The van der Waals surface area contributed by atoms with Crippen LogP contribution in [0, 0.1) is 5.41 Å². The van der Waals surface area contributed by atoms with Crippen LogP contribution in [0.2, 0.25) is 0 Å². The molecule has 16 heteroatoms. The number of carboxylic acid groups (broad SMARTS) is 1. The van der Waals surface area contributed by atoms with Gasteiger partial charge in [0.05, 0.1) is 13.4 Å². The van der Waals surface area contributed by atoms with Gasteiger partial charge in [0.15, 0.2) is 22.9 Å². The van der Waals surface area contributed by atoms with Crippen LogP contribution in [0.3, 0.4) is 0 Å². The Morgan fingerprint density at radius 2 is 1.91 bits per heavy atom. The number of fused-ring (bicyclic) bond motifs is 2. The lowest BCUT2D eigenvalue weighted by molar-refractivity contribution is -0.165. The summed E-state index contributed by atoms with van der Waals surface area (Å²) in [7, 11) is -1.46. The van der Waals surface area contributed by atoms with E-state index in [0.717, 1.165) is 10.2 Å². The standard InChI is InChI=1S/C30H38N7O8P/c1-28(2,3)15-29(4,26(39)40)35-46(42)37(19-13-9-11-17-10-7-8-12-18(17)19)44-14-20-22(38)30(5,41)25(45-20)36-16-32-21-23(36)33-27(31)34-24(21)43-6/h7-13,16,20,22,25,38,41H,14-15H2,1-6H3,(H,39,40)(H2,31,33,34)/t20-,22-,25?,29+,30-/m1/s1. The lowest BCUT2D eigenvalue weighted by atomic mass is 9.81. The van der Waals surface area contributed by atoms with Crippen molar-refractivity contribution in [1.82, 2.24) is 19.5 Å². The van der Waals surface area contributed by atoms with E-state index < -0.39 is 55.7 Å². The Kier molecular flexibility index (Phi) is 8.94. The lowest BCUT2D eigenvalue weighted by Gasteiger charge is -2.28. The molecule has 4 aromatic rings. The summed E-state index contributed by atoms with van der Waals surface area (Å²) in [4.78, 5) is 46.1. The fraction of sp³-hybridized carbons (Fsp3) is 0.467. The third-order valence-electron chi connectivity index (χ3n) is 7.74. The van der Waals surface area contributed by atoms with Gasteiger partial charge < -0.3 is 35.4 Å². The van der Waals surface area contributed by atoms with E-state index in [2.05, 4.69) is 19.7 Å². The second-order valence-electron chi connectivity index (χ2n) is 12.8. The average Bonchev–Trinajstić information content (AvgIpc) is 3.49. The second-order valence-corrected chi connectivity index (χ2v) is 13.9. The van der Waals surface area contributed by atoms with Gasteiger partial charge in [0, 0.05) is 5.39 Å². The number of nitrogens with two attached hydrogens (primary N) is 1. The number of nitrogen functional groups attached to an aromatic ring is 1. The summed E-state index contributed by atoms with van der Waals surface area (Å²) in [6, 6.07) is 12.6. The molecule has 246 valence electrons. The van der Waals surface area contributed by atoms with Crippen LogP contribution < -0.4 is 20.2 Å². The first-order chi connectivity index (χ1) is 21.6. The summed E-state index contributed by atoms with van der Waals surface area (Å²) in [6.07, 6.45) is -2.39. The highest BCUT2D eigenvalue weighted by Crippen LogP contribution is 2.43. The SMILES string of the molecule is COc1nc(N)nc2c1ncn2C1O[C@H](CON(c2cccc3ccccc23)/[P+]([O-])=N/[C@@](C)(CC(C)(C)C)C(=O)O)[C@@H](O)[C@@]1(C)O. The van der Waals surface area contributed by atoms with Crippen LogP contribution in [0.15, 0.2) is 53.5 Å². The van der Waals surface area contributed by atoms with Crippen molar-refractivity contribution in [2.24, 2.45) is 10.2 Å². The largest absolute Gasteiger partial charge is 0.588 e. The highest BCUT2D eigenvalue weighted by atomic mass is 31.1. The van der Waals surface area contributed by atoms with E-state index in [-0.39, 0.29) is 29.4 Å². The number of aliphatic hydroxyl groups excluding tert-OH is 1. The van der Waals surface area contributed by atoms with Crippen molar-refractivity contribution >= 4 is 47.6 Å². The minimum absolute atomic E-state index is 0.0951. The number of benzene rings is 2. The fourth-order valence-electron chi connectivity index (χ4n) is 5.74. The molecule has 1 aliphatic rings. The van der Waals surface area contributed by atoms with Crippen molar-refractivity contribution in [2.75, 3.05) is 24.3 Å². The number of imidazole rings is 1. The number of ether oxygens (including phenoxy) is 2. The Hall–Kier alpha value is -3.98. The number of aliphatic hydroxyl groups is 2. The topological polar surface area (TPSA) is 214 Å². The molecule has 5 rings (SSSR count). The number of carbonyl (C=O) groups is 1. The molecule has 2 aromatic carbocycles. The number of aliphatic carboxylic acids is 1. The van der Waals surface area contributed by atoms with Crippen LogP contribution in [-0.2, 0) is 14.4 Å². The number of methoxy groups -OCH3 is 1. The monoisotopic (exact) mass is 655 g/mol. The van der Waals surface area contributed by atoms with Crippen molar-refractivity contribution in [3.8, 4) is 5.88 Å². The van der Waals surface area contributed by atoms with E-state index in [9.17, 15) is 25.0 Å². The molecule has 0 amide bonds. The van der Waals surface area contributed by atoms with E-state index >= 15 is 0 Å². The highest BCUT2D eigenvalue weighted by Gasteiger charge is 2.54. The van der Waals surface area contributed by atoms with E-state index in [1.807, 2.05) is 51.1 Å². The van der Waals surface area contributed by atoms with Gasteiger partial charge in [0.2, 0.25) is 11.8 Å². The summed E-state index contributed by atoms with van der Waals surface area (Å²) in [5, 5.41) is 34.3. The van der Waals surface area contributed by atoms with Gasteiger partial charge in [-0.2, -0.15) is 9.97 Å². The summed E-state index contributed by atoms with van der Waals surface area (Å²) in [5.74, 6) is -1.20. The molecule has 5 N–H and O–H groups in total. The first-order valence-electron chi connectivity index (χ1n) is 14.5. The quantitative estimate of drug-likeness (QED) is 0.143. The molecule has 0 aliphatic carbocycles. The Labute approximate surface area is 266 Å². The fourth-order valence-corrected chi connectivity index (χ4v) is 6.88. The van der Waals surface area contributed by atoms with Gasteiger partial charge in [-0.05, 0) is 37.1 Å². The van der Waals surface area contributed by atoms with Gasteiger partial charge in [-0.3, -0.25) is 4.57 Å². The third-order valence-corrected chi connectivity index (χ3v) is 8.99. The number of hydrogen-bond acceptors (Lipinski definition) is 12. The van der Waals surface area contributed by atoms with Gasteiger partial charge >= 0.3 is 14.1 Å². The van der Waals surface area contributed by atoms with Gasteiger partial charge in [-0.25, -0.2) is 14.6 Å². The van der Waals surface area contributed by atoms with Crippen molar-refractivity contribution in [3.63, 3.8) is 0 Å². The van der Waals surface area contributed by atoms with Crippen molar-refractivity contribution in [1.29, 1.82) is 0 Å². The van der Waals surface area contributed by atoms with E-state index in [1.165, 1.54) is 31.9 Å². The lowest BCUT2D eigenvalue weighted by Crippen LogP contribution is -2.45. The van der Waals surface area contributed by atoms with Crippen LogP contribution in [0.4, 0.5) is 11.6 Å². The number of aromatic nitrogens is 4. The van der Waals surface area contributed by atoms with Crippen LogP contribution >= 0.6 is 8.09 Å². The molecule has 1 fully saturated rings. The van der Waals surface area contributed by atoms with Crippen molar-refractivity contribution in [2.45, 2.75) is 70.6 Å². The van der Waals surface area contributed by atoms with E-state index in [0.29, 0.717) is 11.1 Å². The maximum absolute atomic E-state index is 14.0. The predicted octanol–water partition coefficient (Wildman–Crippen LogP) is 3.15. The summed E-state index contributed by atoms with van der Waals surface area (Å²) >= 11 is 0. The van der Waals surface area contributed by atoms with Crippen molar-refractivity contribution in [3.05, 3.63) is 48.8 Å². The minimum Gasteiger partial charge on any atom is -0.588 e. The van der Waals surface area contributed by atoms with Crippen molar-refractivity contribution < 1.29 is 39.3 Å². The molecule has 0 radical (unpaired) electrons. The Morgan fingerprint density at radius 1 is 1.22 bits per heavy atom. The minimum atomic E-state index is -2.86. The van der Waals surface area contributed by atoms with Gasteiger partial charge in [-0.15, -0.1) is 0 Å². The first kappa shape index (κ1) is 33.4. The molecule has 1 saturated heterocycles. The normalized spacial score (nSPS) is 23.5. The third kappa shape index (κ3) is 6.34. The first-order valence-corrected chi connectivity index (χ1v) is 15.7. The van der Waals surface area contributed by atoms with Crippen LogP contribution in [0.1, 0.15) is 47.3 Å². The highest BCUT2D eigenvalue weighted by molar-refractivity contribution is 7.41. The summed E-state index contributed by atoms with van der Waals surface area (Å²) < 4.78 is 17.1. The molecule has 46 heavy (non-hydrogen) atoms. The molecule has 0 spiro atoms. The second kappa shape index (κ2) is 12.3. The Bertz CT molecular complexity index is 1790. The van der Waals surface area contributed by atoms with Crippen LogP contribution in [-0.4, -0.2) is 77.9 Å². The summed E-state index contributed by atoms with van der Waals surface area (Å²) in [6.45, 7) is 8.02. The number of anilines is 2. The van der Waals surface area contributed by atoms with Gasteiger partial charge in [-0.1, -0.05) is 66.7 Å². The molecule has 15 nitrogen and oxygen atoms in total. The summed E-state index contributed by atoms with van der Waals surface area (Å²) in [5.41, 5.74) is 2.66. The van der Waals surface area contributed by atoms with E-state index in [1.54, 1.807) is 12.1 Å². The predicted molar refractivity (Wildman–Crippen MR) is 169 cm³/mol. The molecule has 6 atom stereocenters. The zero-order valence-electron chi connectivity index (χ0n) is 26.4. The number of rotatable bonds is 10. The molecule has 3 heterocycles. The Balaban J connectivity index is 1.50. The molecule has 0 saturated carbocycles. The Morgan fingerprint density at radius 3 is 2.59 bits per heavy atom. The molecule has 1 aliphatic heterocycles.